The maximum atomic E-state index is 12.7. The average molecular weight is 403 g/mol. The summed E-state index contributed by atoms with van der Waals surface area (Å²) in [7, 11) is 0. The number of likely N-dealkylation sites (tertiary alicyclic amines) is 1. The molecule has 0 bridgehead atoms. The van der Waals surface area contributed by atoms with Crippen LogP contribution >= 0.6 is 0 Å². The second kappa shape index (κ2) is 9.51. The molecular formula is C23H34N2O4. The summed E-state index contributed by atoms with van der Waals surface area (Å²) in [6.45, 7) is 9.26. The molecule has 2 aliphatic rings. The highest BCUT2D eigenvalue weighted by Crippen LogP contribution is 2.31. The zero-order valence-electron chi connectivity index (χ0n) is 18.0. The molecule has 160 valence electrons. The van der Waals surface area contributed by atoms with Gasteiger partial charge in [0.15, 0.2) is 11.5 Å². The second-order valence-corrected chi connectivity index (χ2v) is 9.14. The first-order valence-electron chi connectivity index (χ1n) is 10.8. The lowest BCUT2D eigenvalue weighted by atomic mass is 9.94. The molecule has 0 aromatic heterocycles. The smallest absolute Gasteiger partial charge is 0.225 e. The number of hydrogen-bond acceptors (Lipinski definition) is 4. The third-order valence-corrected chi connectivity index (χ3v) is 5.54. The van der Waals surface area contributed by atoms with Gasteiger partial charge in [0.1, 0.15) is 0 Å². The normalized spacial score (nSPS) is 19.4. The van der Waals surface area contributed by atoms with Gasteiger partial charge >= 0.3 is 0 Å². The number of hydrogen-bond donors (Lipinski definition) is 1. The van der Waals surface area contributed by atoms with Gasteiger partial charge in [-0.05, 0) is 42.9 Å². The predicted molar refractivity (Wildman–Crippen MR) is 112 cm³/mol. The summed E-state index contributed by atoms with van der Waals surface area (Å²) in [5, 5.41) is 3.04. The predicted octanol–water partition coefficient (Wildman–Crippen LogP) is 3.18. The minimum Gasteiger partial charge on any atom is -0.490 e. The van der Waals surface area contributed by atoms with Crippen LogP contribution in [-0.2, 0) is 16.0 Å². The van der Waals surface area contributed by atoms with E-state index in [0.717, 1.165) is 49.4 Å². The zero-order valence-corrected chi connectivity index (χ0v) is 18.0. The van der Waals surface area contributed by atoms with Crippen molar-refractivity contribution in [1.29, 1.82) is 0 Å². The van der Waals surface area contributed by atoms with E-state index in [2.05, 4.69) is 5.32 Å². The van der Waals surface area contributed by atoms with Crippen LogP contribution in [0.5, 0.6) is 11.5 Å². The van der Waals surface area contributed by atoms with E-state index in [9.17, 15) is 9.59 Å². The highest BCUT2D eigenvalue weighted by molar-refractivity contribution is 5.81. The number of ether oxygens (including phenoxy) is 2. The first-order valence-corrected chi connectivity index (χ1v) is 10.8. The van der Waals surface area contributed by atoms with Crippen molar-refractivity contribution in [2.75, 3.05) is 32.8 Å². The van der Waals surface area contributed by atoms with Gasteiger partial charge in [-0.25, -0.2) is 0 Å². The summed E-state index contributed by atoms with van der Waals surface area (Å²) >= 11 is 0. The quantitative estimate of drug-likeness (QED) is 0.821. The molecule has 0 spiro atoms. The number of fused-ring (bicyclic) bond motifs is 1. The Bertz CT molecular complexity index is 726. The van der Waals surface area contributed by atoms with Crippen molar-refractivity contribution >= 4 is 11.8 Å². The molecule has 0 aliphatic carbocycles. The molecule has 1 N–H and O–H groups in total. The first-order chi connectivity index (χ1) is 13.8. The number of amides is 2. The Morgan fingerprint density at radius 3 is 2.66 bits per heavy atom. The fourth-order valence-electron chi connectivity index (χ4n) is 3.73. The SMILES string of the molecule is CC(C)(C)C(=O)NCC1CCCN(C(=O)CCc2ccc3c(c2)OCCCO3)C1. The van der Waals surface area contributed by atoms with Crippen molar-refractivity contribution in [1.82, 2.24) is 10.2 Å². The van der Waals surface area contributed by atoms with Gasteiger partial charge in [0.2, 0.25) is 11.8 Å². The molecule has 1 fully saturated rings. The van der Waals surface area contributed by atoms with E-state index in [1.54, 1.807) is 0 Å². The molecule has 3 rings (SSSR count). The number of carbonyl (C=O) groups excluding carboxylic acids is 2. The number of carbonyl (C=O) groups is 2. The van der Waals surface area contributed by atoms with Crippen LogP contribution in [0.3, 0.4) is 0 Å². The van der Waals surface area contributed by atoms with E-state index < -0.39 is 0 Å². The Hall–Kier alpha value is -2.24. The average Bonchev–Trinajstić information content (AvgIpc) is 2.94. The molecule has 6 nitrogen and oxygen atoms in total. The molecule has 6 heteroatoms. The molecule has 1 saturated heterocycles. The van der Waals surface area contributed by atoms with Gasteiger partial charge in [0.25, 0.3) is 0 Å². The van der Waals surface area contributed by atoms with Gasteiger partial charge < -0.3 is 19.7 Å². The van der Waals surface area contributed by atoms with Gasteiger partial charge in [-0.1, -0.05) is 26.8 Å². The molecule has 0 radical (unpaired) electrons. The lowest BCUT2D eigenvalue weighted by Crippen LogP contribution is -2.45. The van der Waals surface area contributed by atoms with Gasteiger partial charge in [-0.15, -0.1) is 0 Å². The van der Waals surface area contributed by atoms with E-state index >= 15 is 0 Å². The molecule has 0 saturated carbocycles. The minimum absolute atomic E-state index is 0.0651. The van der Waals surface area contributed by atoms with E-state index in [0.29, 0.717) is 38.5 Å². The van der Waals surface area contributed by atoms with Crippen LogP contribution in [0.25, 0.3) is 0 Å². The van der Waals surface area contributed by atoms with Crippen molar-refractivity contribution in [3.63, 3.8) is 0 Å². The summed E-state index contributed by atoms with van der Waals surface area (Å²) in [6.07, 6.45) is 4.11. The Morgan fingerprint density at radius 2 is 1.90 bits per heavy atom. The van der Waals surface area contributed by atoms with Gasteiger partial charge in [0, 0.05) is 37.9 Å². The number of aryl methyl sites for hydroxylation is 1. The summed E-state index contributed by atoms with van der Waals surface area (Å²) in [6, 6.07) is 5.95. The lowest BCUT2D eigenvalue weighted by molar-refractivity contribution is -0.133. The monoisotopic (exact) mass is 402 g/mol. The van der Waals surface area contributed by atoms with Crippen LogP contribution in [0.1, 0.15) is 52.0 Å². The van der Waals surface area contributed by atoms with Crippen molar-refractivity contribution in [2.45, 2.75) is 52.9 Å². The second-order valence-electron chi connectivity index (χ2n) is 9.14. The van der Waals surface area contributed by atoms with Crippen LogP contribution in [0.2, 0.25) is 0 Å². The van der Waals surface area contributed by atoms with Gasteiger partial charge in [-0.3, -0.25) is 9.59 Å². The fourth-order valence-corrected chi connectivity index (χ4v) is 3.73. The van der Waals surface area contributed by atoms with Crippen molar-refractivity contribution in [2.24, 2.45) is 11.3 Å². The van der Waals surface area contributed by atoms with Crippen LogP contribution in [0.4, 0.5) is 0 Å². The number of rotatable bonds is 5. The van der Waals surface area contributed by atoms with E-state index in [1.807, 2.05) is 43.9 Å². The van der Waals surface area contributed by atoms with Crippen molar-refractivity contribution < 1.29 is 19.1 Å². The van der Waals surface area contributed by atoms with Crippen LogP contribution in [0.15, 0.2) is 18.2 Å². The number of benzene rings is 1. The van der Waals surface area contributed by atoms with Crippen molar-refractivity contribution in [3.05, 3.63) is 23.8 Å². The topological polar surface area (TPSA) is 67.9 Å². The molecule has 1 atom stereocenters. The highest BCUT2D eigenvalue weighted by atomic mass is 16.5. The molecular weight excluding hydrogens is 368 g/mol. The van der Waals surface area contributed by atoms with Crippen LogP contribution < -0.4 is 14.8 Å². The molecule has 1 aromatic carbocycles. The molecule has 2 heterocycles. The zero-order chi connectivity index (χ0) is 20.9. The Morgan fingerprint density at radius 1 is 1.14 bits per heavy atom. The largest absolute Gasteiger partial charge is 0.490 e. The fraction of sp³-hybridized carbons (Fsp3) is 0.652. The van der Waals surface area contributed by atoms with Crippen LogP contribution in [-0.4, -0.2) is 49.6 Å². The Kier molecular flexibility index (Phi) is 7.04. The Balaban J connectivity index is 1.48. The Labute approximate surface area is 173 Å². The van der Waals surface area contributed by atoms with Crippen LogP contribution in [0, 0.1) is 11.3 Å². The molecule has 2 amide bonds. The van der Waals surface area contributed by atoms with E-state index in [1.165, 1.54) is 0 Å². The van der Waals surface area contributed by atoms with Gasteiger partial charge in [-0.2, -0.15) is 0 Å². The summed E-state index contributed by atoms with van der Waals surface area (Å²) < 4.78 is 11.4. The van der Waals surface area contributed by atoms with E-state index in [4.69, 9.17) is 9.47 Å². The summed E-state index contributed by atoms with van der Waals surface area (Å²) in [5.41, 5.74) is 0.709. The maximum Gasteiger partial charge on any atom is 0.225 e. The molecule has 2 aliphatic heterocycles. The standard InChI is InChI=1S/C23H34N2O4/c1-23(2,3)22(27)24-15-18-6-4-11-25(16-18)21(26)10-8-17-7-9-19-20(14-17)29-13-5-12-28-19/h7,9,14,18H,4-6,8,10-13,15-16H2,1-3H3,(H,24,27). The molecule has 1 aromatic rings. The lowest BCUT2D eigenvalue weighted by Gasteiger charge is -2.33. The third-order valence-electron chi connectivity index (χ3n) is 5.54. The van der Waals surface area contributed by atoms with Gasteiger partial charge in [0.05, 0.1) is 13.2 Å². The highest BCUT2D eigenvalue weighted by Gasteiger charge is 2.26. The molecule has 1 unspecified atom stereocenters. The minimum atomic E-state index is -0.382. The number of nitrogens with one attached hydrogen (secondary N) is 1. The van der Waals surface area contributed by atoms with Crippen molar-refractivity contribution in [3.8, 4) is 11.5 Å². The van der Waals surface area contributed by atoms with E-state index in [-0.39, 0.29) is 17.2 Å². The summed E-state index contributed by atoms with van der Waals surface area (Å²) in [5.74, 6) is 2.14. The molecule has 29 heavy (non-hydrogen) atoms. The third kappa shape index (κ3) is 6.12. The maximum absolute atomic E-state index is 12.7. The number of nitrogens with zero attached hydrogens (tertiary/aromatic N) is 1. The number of piperidine rings is 1. The first kappa shape index (κ1) is 21.5. The summed E-state index contributed by atoms with van der Waals surface area (Å²) in [4.78, 5) is 26.8.